The minimum atomic E-state index is -1.04. The molecule has 14 heavy (non-hydrogen) atoms. The van der Waals surface area contributed by atoms with Crippen molar-refractivity contribution in [3.05, 3.63) is 24.2 Å². The van der Waals surface area contributed by atoms with Crippen molar-refractivity contribution in [2.45, 2.75) is 18.9 Å². The van der Waals surface area contributed by atoms with Crippen molar-refractivity contribution in [1.82, 2.24) is 5.32 Å². The Bertz CT molecular complexity index is 270. The zero-order valence-electron chi connectivity index (χ0n) is 7.64. The zero-order valence-corrected chi connectivity index (χ0v) is 7.64. The van der Waals surface area contributed by atoms with Gasteiger partial charge in [0.15, 0.2) is 0 Å². The second-order valence-corrected chi connectivity index (χ2v) is 2.95. The van der Waals surface area contributed by atoms with Crippen LogP contribution in [-0.2, 0) is 0 Å². The number of nitrogens with one attached hydrogen (secondary N) is 1. The number of furan rings is 1. The smallest absolute Gasteiger partial charge is 0.404 e. The lowest BCUT2D eigenvalue weighted by Gasteiger charge is -2.07. The van der Waals surface area contributed by atoms with Gasteiger partial charge in [-0.05, 0) is 18.9 Å². The molecule has 1 heterocycles. The minimum absolute atomic E-state index is 0.351. The first-order valence-electron chi connectivity index (χ1n) is 4.37. The summed E-state index contributed by atoms with van der Waals surface area (Å²) in [4.78, 5) is 10.1. The third-order valence-electron chi connectivity index (χ3n) is 1.86. The molecular weight excluding hydrogens is 186 g/mol. The van der Waals surface area contributed by atoms with Crippen molar-refractivity contribution in [3.8, 4) is 0 Å². The van der Waals surface area contributed by atoms with Crippen molar-refractivity contribution in [2.24, 2.45) is 0 Å². The lowest BCUT2D eigenvalue weighted by atomic mass is 10.1. The molecule has 0 aromatic carbocycles. The fourth-order valence-corrected chi connectivity index (χ4v) is 1.12. The summed E-state index contributed by atoms with van der Waals surface area (Å²) in [5.74, 6) is 0. The first-order valence-corrected chi connectivity index (χ1v) is 4.37. The minimum Gasteiger partial charge on any atom is -0.472 e. The number of hydrogen-bond acceptors (Lipinski definition) is 3. The van der Waals surface area contributed by atoms with Crippen LogP contribution in [0.3, 0.4) is 0 Å². The molecular formula is C9H13NO4. The molecule has 1 rings (SSSR count). The molecule has 0 saturated carbocycles. The molecule has 0 saturated heterocycles. The molecule has 0 fully saturated rings. The van der Waals surface area contributed by atoms with Crippen LogP contribution in [0.1, 0.15) is 24.5 Å². The lowest BCUT2D eigenvalue weighted by Crippen LogP contribution is -2.22. The predicted molar refractivity (Wildman–Crippen MR) is 48.9 cm³/mol. The van der Waals surface area contributed by atoms with Crippen LogP contribution in [0.5, 0.6) is 0 Å². The number of carbonyl (C=O) groups is 1. The van der Waals surface area contributed by atoms with Crippen LogP contribution in [-0.4, -0.2) is 22.9 Å². The van der Waals surface area contributed by atoms with E-state index in [4.69, 9.17) is 9.52 Å². The van der Waals surface area contributed by atoms with Crippen LogP contribution in [0.2, 0.25) is 0 Å². The quantitative estimate of drug-likeness (QED) is 0.625. The van der Waals surface area contributed by atoms with Gasteiger partial charge in [-0.25, -0.2) is 4.79 Å². The van der Waals surface area contributed by atoms with E-state index in [1.807, 2.05) is 0 Å². The van der Waals surface area contributed by atoms with E-state index in [9.17, 15) is 9.90 Å². The van der Waals surface area contributed by atoms with Crippen LogP contribution in [0.15, 0.2) is 23.0 Å². The Hall–Kier alpha value is -1.49. The Balaban J connectivity index is 2.16. The Morgan fingerprint density at radius 3 is 3.00 bits per heavy atom. The largest absolute Gasteiger partial charge is 0.472 e. The summed E-state index contributed by atoms with van der Waals surface area (Å²) in [6.07, 6.45) is 2.47. The van der Waals surface area contributed by atoms with Gasteiger partial charge in [-0.15, -0.1) is 0 Å². The highest BCUT2D eigenvalue weighted by Gasteiger charge is 2.07. The van der Waals surface area contributed by atoms with Gasteiger partial charge in [0.2, 0.25) is 0 Å². The van der Waals surface area contributed by atoms with Crippen LogP contribution in [0.4, 0.5) is 4.79 Å². The number of carboxylic acid groups (broad SMARTS) is 1. The van der Waals surface area contributed by atoms with Gasteiger partial charge in [-0.2, -0.15) is 0 Å². The molecule has 0 radical (unpaired) electrons. The normalized spacial score (nSPS) is 12.4. The fourth-order valence-electron chi connectivity index (χ4n) is 1.12. The van der Waals surface area contributed by atoms with Crippen molar-refractivity contribution in [1.29, 1.82) is 0 Å². The summed E-state index contributed by atoms with van der Waals surface area (Å²) in [6.45, 7) is 0.351. The second-order valence-electron chi connectivity index (χ2n) is 2.95. The third kappa shape index (κ3) is 3.49. The van der Waals surface area contributed by atoms with Crippen LogP contribution < -0.4 is 5.32 Å². The summed E-state index contributed by atoms with van der Waals surface area (Å²) < 4.78 is 4.81. The number of hydrogen-bond donors (Lipinski definition) is 3. The average Bonchev–Trinajstić information content (AvgIpc) is 2.64. The van der Waals surface area contributed by atoms with Crippen molar-refractivity contribution in [3.63, 3.8) is 0 Å². The van der Waals surface area contributed by atoms with Crippen molar-refractivity contribution in [2.75, 3.05) is 6.54 Å². The lowest BCUT2D eigenvalue weighted by molar-refractivity contribution is 0.161. The molecule has 1 amide bonds. The molecule has 0 aliphatic rings. The predicted octanol–water partition coefficient (Wildman–Crippen LogP) is 1.36. The molecule has 3 N–H and O–H groups in total. The van der Waals surface area contributed by atoms with Gasteiger partial charge in [0.05, 0.1) is 18.6 Å². The molecule has 1 atom stereocenters. The van der Waals surface area contributed by atoms with E-state index in [2.05, 4.69) is 5.32 Å². The van der Waals surface area contributed by atoms with E-state index in [0.29, 0.717) is 19.4 Å². The topological polar surface area (TPSA) is 82.7 Å². The van der Waals surface area contributed by atoms with E-state index >= 15 is 0 Å². The van der Waals surface area contributed by atoms with Crippen LogP contribution in [0.25, 0.3) is 0 Å². The second kappa shape index (κ2) is 5.29. The highest BCUT2D eigenvalue weighted by Crippen LogP contribution is 2.17. The van der Waals surface area contributed by atoms with Gasteiger partial charge < -0.3 is 19.9 Å². The van der Waals surface area contributed by atoms with Gasteiger partial charge in [-0.1, -0.05) is 0 Å². The first kappa shape index (κ1) is 10.6. The molecule has 5 heteroatoms. The Labute approximate surface area is 81.4 Å². The number of aliphatic hydroxyl groups excluding tert-OH is 1. The van der Waals surface area contributed by atoms with Crippen LogP contribution >= 0.6 is 0 Å². The monoisotopic (exact) mass is 199 g/mol. The average molecular weight is 199 g/mol. The van der Waals surface area contributed by atoms with Crippen molar-refractivity contribution < 1.29 is 19.4 Å². The Kier molecular flexibility index (Phi) is 4.00. The Morgan fingerprint density at radius 1 is 1.64 bits per heavy atom. The van der Waals surface area contributed by atoms with Crippen LogP contribution in [0, 0.1) is 0 Å². The van der Waals surface area contributed by atoms with Gasteiger partial charge in [0.1, 0.15) is 0 Å². The third-order valence-corrected chi connectivity index (χ3v) is 1.86. The summed E-state index contributed by atoms with van der Waals surface area (Å²) in [5, 5.41) is 20.0. The molecule has 0 aliphatic heterocycles. The number of aliphatic hydroxyl groups is 1. The maximum Gasteiger partial charge on any atom is 0.404 e. The molecule has 0 aliphatic carbocycles. The standard InChI is InChI=1S/C9H13NO4/c11-8(7-3-5-14-6-7)2-1-4-10-9(12)13/h3,5-6,8,10-11H,1-2,4H2,(H,12,13)/t8-/m1/s1. The van der Waals surface area contributed by atoms with E-state index in [1.165, 1.54) is 12.5 Å². The Morgan fingerprint density at radius 2 is 2.43 bits per heavy atom. The molecule has 5 nitrogen and oxygen atoms in total. The number of rotatable bonds is 5. The van der Waals surface area contributed by atoms with Gasteiger partial charge in [0.25, 0.3) is 0 Å². The highest BCUT2D eigenvalue weighted by molar-refractivity contribution is 5.64. The van der Waals surface area contributed by atoms with E-state index < -0.39 is 12.2 Å². The molecule has 1 aromatic heterocycles. The summed E-state index contributed by atoms with van der Waals surface area (Å²) in [6, 6.07) is 1.69. The molecule has 1 aromatic rings. The van der Waals surface area contributed by atoms with Gasteiger partial charge >= 0.3 is 6.09 Å². The maximum atomic E-state index is 10.1. The zero-order chi connectivity index (χ0) is 10.4. The van der Waals surface area contributed by atoms with E-state index in [0.717, 1.165) is 5.56 Å². The van der Waals surface area contributed by atoms with E-state index in [-0.39, 0.29) is 0 Å². The van der Waals surface area contributed by atoms with Crippen molar-refractivity contribution >= 4 is 6.09 Å². The maximum absolute atomic E-state index is 10.1. The van der Waals surface area contributed by atoms with Gasteiger partial charge in [-0.3, -0.25) is 0 Å². The number of amides is 1. The SMILES string of the molecule is O=C(O)NCCC[C@@H](O)c1ccoc1. The fraction of sp³-hybridized carbons (Fsp3) is 0.444. The molecule has 0 bridgehead atoms. The summed E-state index contributed by atoms with van der Waals surface area (Å²) in [5.41, 5.74) is 0.723. The molecule has 78 valence electrons. The molecule has 0 unspecified atom stereocenters. The first-order chi connectivity index (χ1) is 6.70. The summed E-state index contributed by atoms with van der Waals surface area (Å²) >= 11 is 0. The summed E-state index contributed by atoms with van der Waals surface area (Å²) in [7, 11) is 0. The highest BCUT2D eigenvalue weighted by atomic mass is 16.4. The van der Waals surface area contributed by atoms with E-state index in [1.54, 1.807) is 6.07 Å². The van der Waals surface area contributed by atoms with Gasteiger partial charge in [0, 0.05) is 12.1 Å². The molecule has 0 spiro atoms.